The molecular weight excluding hydrogens is 488 g/mol. The number of hydrogen-bond acceptors (Lipinski definition) is 5. The molecular formula is C29H28N2O5S. The van der Waals surface area contributed by atoms with Gasteiger partial charge in [0.1, 0.15) is 11.5 Å². The molecule has 0 unspecified atom stereocenters. The monoisotopic (exact) mass is 516 g/mol. The van der Waals surface area contributed by atoms with Crippen molar-refractivity contribution in [1.82, 2.24) is 0 Å². The van der Waals surface area contributed by atoms with Gasteiger partial charge in [0.15, 0.2) is 6.61 Å². The lowest BCUT2D eigenvalue weighted by molar-refractivity contribution is -0.118. The number of benzene rings is 4. The second kappa shape index (κ2) is 11.6. The topological polar surface area (TPSA) is 84.9 Å². The fourth-order valence-electron chi connectivity index (χ4n) is 3.66. The van der Waals surface area contributed by atoms with Crippen LogP contribution in [0.3, 0.4) is 0 Å². The molecule has 4 rings (SSSR count). The van der Waals surface area contributed by atoms with Crippen LogP contribution >= 0.6 is 0 Å². The summed E-state index contributed by atoms with van der Waals surface area (Å²) in [5, 5.41) is 2.75. The molecule has 0 aliphatic heterocycles. The highest BCUT2D eigenvalue weighted by molar-refractivity contribution is 7.92. The average molecular weight is 517 g/mol. The van der Waals surface area contributed by atoms with Crippen LogP contribution in [-0.2, 0) is 21.4 Å². The first-order valence-electron chi connectivity index (χ1n) is 11.7. The Hall–Kier alpha value is -4.30. The molecule has 8 heteroatoms. The molecule has 4 aromatic rings. The van der Waals surface area contributed by atoms with Gasteiger partial charge in [-0.05, 0) is 61.0 Å². The van der Waals surface area contributed by atoms with Crippen LogP contribution in [0.4, 0.5) is 11.4 Å². The van der Waals surface area contributed by atoms with Crippen molar-refractivity contribution in [2.75, 3.05) is 23.3 Å². The van der Waals surface area contributed by atoms with E-state index in [1.165, 1.54) is 4.31 Å². The van der Waals surface area contributed by atoms with Crippen molar-refractivity contribution in [1.29, 1.82) is 0 Å². The molecule has 0 radical (unpaired) electrons. The van der Waals surface area contributed by atoms with E-state index in [0.29, 0.717) is 22.9 Å². The van der Waals surface area contributed by atoms with Crippen molar-refractivity contribution >= 4 is 27.3 Å². The van der Waals surface area contributed by atoms with Crippen LogP contribution in [0.2, 0.25) is 0 Å². The normalized spacial score (nSPS) is 11.0. The molecule has 0 aliphatic rings. The van der Waals surface area contributed by atoms with Crippen LogP contribution in [0.5, 0.6) is 11.5 Å². The van der Waals surface area contributed by atoms with Crippen LogP contribution in [0, 0.1) is 6.92 Å². The Kier molecular flexibility index (Phi) is 8.10. The molecule has 0 fully saturated rings. The van der Waals surface area contributed by atoms with Crippen molar-refractivity contribution in [3.8, 4) is 11.5 Å². The summed E-state index contributed by atoms with van der Waals surface area (Å²) in [7, 11) is -2.27. The fraction of sp³-hybridized carbons (Fsp3) is 0.138. The summed E-state index contributed by atoms with van der Waals surface area (Å²) in [5.41, 5.74) is 2.91. The number of carbonyl (C=O) groups excluding carboxylic acids is 1. The lowest BCUT2D eigenvalue weighted by Crippen LogP contribution is -2.30. The van der Waals surface area contributed by atoms with Gasteiger partial charge in [-0.15, -0.1) is 0 Å². The number of nitrogens with one attached hydrogen (secondary N) is 1. The molecule has 0 spiro atoms. The van der Waals surface area contributed by atoms with Crippen molar-refractivity contribution < 1.29 is 22.7 Å². The Bertz CT molecular complexity index is 1440. The lowest BCUT2D eigenvalue weighted by Gasteiger charge is -2.25. The zero-order chi connectivity index (χ0) is 26.3. The number of ether oxygens (including phenoxy) is 2. The van der Waals surface area contributed by atoms with E-state index in [-0.39, 0.29) is 24.0 Å². The van der Waals surface area contributed by atoms with Crippen molar-refractivity contribution in [3.63, 3.8) is 0 Å². The first-order chi connectivity index (χ1) is 17.8. The molecule has 1 N–H and O–H groups in total. The Morgan fingerprint density at radius 2 is 1.54 bits per heavy atom. The summed E-state index contributed by atoms with van der Waals surface area (Å²) >= 11 is 0. The highest BCUT2D eigenvalue weighted by Gasteiger charge is 2.25. The van der Waals surface area contributed by atoms with E-state index in [2.05, 4.69) is 5.32 Å². The van der Waals surface area contributed by atoms with Gasteiger partial charge in [0.2, 0.25) is 0 Å². The number of carbonyl (C=O) groups is 1. The second-order valence-corrected chi connectivity index (χ2v) is 10.2. The maximum Gasteiger partial charge on any atom is 0.264 e. The Morgan fingerprint density at radius 1 is 0.838 bits per heavy atom. The minimum Gasteiger partial charge on any atom is -0.497 e. The first kappa shape index (κ1) is 25.8. The molecule has 4 aromatic carbocycles. The van der Waals surface area contributed by atoms with Gasteiger partial charge < -0.3 is 14.8 Å². The molecule has 0 heterocycles. The summed E-state index contributed by atoms with van der Waals surface area (Å²) in [6.07, 6.45) is 0. The van der Waals surface area contributed by atoms with E-state index in [4.69, 9.17) is 9.47 Å². The molecule has 190 valence electrons. The number of methoxy groups -OCH3 is 1. The number of sulfonamides is 1. The summed E-state index contributed by atoms with van der Waals surface area (Å²) in [6.45, 7) is 1.87. The Balaban J connectivity index is 1.49. The molecule has 7 nitrogen and oxygen atoms in total. The third-order valence-electron chi connectivity index (χ3n) is 5.63. The summed E-state index contributed by atoms with van der Waals surface area (Å²) in [4.78, 5) is 12.5. The van der Waals surface area contributed by atoms with Crippen LogP contribution in [-0.4, -0.2) is 28.0 Å². The van der Waals surface area contributed by atoms with Crippen LogP contribution in [0.15, 0.2) is 108 Å². The molecule has 1 amide bonds. The van der Waals surface area contributed by atoms with E-state index >= 15 is 0 Å². The van der Waals surface area contributed by atoms with E-state index in [1.54, 1.807) is 79.9 Å². The van der Waals surface area contributed by atoms with Crippen molar-refractivity contribution in [2.24, 2.45) is 0 Å². The van der Waals surface area contributed by atoms with E-state index in [9.17, 15) is 13.2 Å². The third-order valence-corrected chi connectivity index (χ3v) is 7.41. The highest BCUT2D eigenvalue weighted by Crippen LogP contribution is 2.28. The highest BCUT2D eigenvalue weighted by atomic mass is 32.2. The Labute approximate surface area is 217 Å². The zero-order valence-corrected chi connectivity index (χ0v) is 21.4. The molecule has 0 aliphatic carbocycles. The predicted octanol–water partition coefficient (Wildman–Crippen LogP) is 5.42. The first-order valence-corrected chi connectivity index (χ1v) is 13.1. The Morgan fingerprint density at radius 3 is 2.22 bits per heavy atom. The number of amides is 1. The minimum atomic E-state index is -3.83. The van der Waals surface area contributed by atoms with Crippen LogP contribution in [0.1, 0.15) is 11.1 Å². The van der Waals surface area contributed by atoms with Gasteiger partial charge in [-0.25, -0.2) is 8.42 Å². The third kappa shape index (κ3) is 6.68. The fourth-order valence-corrected chi connectivity index (χ4v) is 5.11. The summed E-state index contributed by atoms with van der Waals surface area (Å²) in [6, 6.07) is 29.9. The molecule has 37 heavy (non-hydrogen) atoms. The van der Waals surface area contributed by atoms with Crippen LogP contribution in [0.25, 0.3) is 0 Å². The number of anilines is 2. The van der Waals surface area contributed by atoms with Crippen molar-refractivity contribution in [3.05, 3.63) is 114 Å². The SMILES string of the molecule is COc1cccc(NC(=O)COc2ccc(N(Cc3ccccc3)S(=O)(=O)c3ccc(C)cc3)cc2)c1. The van der Waals surface area contributed by atoms with Gasteiger partial charge in [0.25, 0.3) is 15.9 Å². The van der Waals surface area contributed by atoms with Crippen molar-refractivity contribution in [2.45, 2.75) is 18.4 Å². The largest absolute Gasteiger partial charge is 0.497 e. The summed E-state index contributed by atoms with van der Waals surface area (Å²) < 4.78 is 39.4. The predicted molar refractivity (Wildman–Crippen MR) is 145 cm³/mol. The van der Waals surface area contributed by atoms with E-state index < -0.39 is 10.0 Å². The number of aryl methyl sites for hydroxylation is 1. The average Bonchev–Trinajstić information content (AvgIpc) is 2.92. The van der Waals surface area contributed by atoms with Gasteiger partial charge in [0.05, 0.1) is 24.2 Å². The second-order valence-electron chi connectivity index (χ2n) is 8.37. The molecule has 0 bridgehead atoms. The molecule has 0 aromatic heterocycles. The zero-order valence-electron chi connectivity index (χ0n) is 20.6. The number of nitrogens with zero attached hydrogens (tertiary/aromatic N) is 1. The maximum atomic E-state index is 13.6. The van der Waals surface area contributed by atoms with Gasteiger partial charge in [0, 0.05) is 11.8 Å². The minimum absolute atomic E-state index is 0.167. The maximum absolute atomic E-state index is 13.6. The number of rotatable bonds is 10. The van der Waals surface area contributed by atoms with Gasteiger partial charge in [-0.3, -0.25) is 9.10 Å². The quantitative estimate of drug-likeness (QED) is 0.304. The van der Waals surface area contributed by atoms with Gasteiger partial charge in [-0.2, -0.15) is 0 Å². The molecule has 0 saturated carbocycles. The standard InChI is InChI=1S/C29H28N2O5S/c1-22-11-17-28(18-12-22)37(33,34)31(20-23-7-4-3-5-8-23)25-13-15-26(16-14-25)36-21-29(32)30-24-9-6-10-27(19-24)35-2/h3-19H,20-21H2,1-2H3,(H,30,32). The van der Waals surface area contributed by atoms with Gasteiger partial charge >= 0.3 is 0 Å². The molecule has 0 atom stereocenters. The lowest BCUT2D eigenvalue weighted by atomic mass is 10.2. The smallest absolute Gasteiger partial charge is 0.264 e. The summed E-state index contributed by atoms with van der Waals surface area (Å²) in [5.74, 6) is 0.747. The van der Waals surface area contributed by atoms with E-state index in [0.717, 1.165) is 11.1 Å². The van der Waals surface area contributed by atoms with Crippen LogP contribution < -0.4 is 19.1 Å². The number of hydrogen-bond donors (Lipinski definition) is 1. The molecule has 0 saturated heterocycles. The van der Waals surface area contributed by atoms with Gasteiger partial charge in [-0.1, -0.05) is 54.1 Å². The van der Waals surface area contributed by atoms with E-state index in [1.807, 2.05) is 37.3 Å².